The summed E-state index contributed by atoms with van der Waals surface area (Å²) in [5.74, 6) is -1.45. The second-order valence-electron chi connectivity index (χ2n) is 6.39. The van der Waals surface area contributed by atoms with E-state index in [1.54, 1.807) is 18.2 Å². The third-order valence-corrected chi connectivity index (χ3v) is 3.55. The van der Waals surface area contributed by atoms with Crippen LogP contribution < -0.4 is 0 Å². The van der Waals surface area contributed by atoms with Crippen LogP contribution in [0.15, 0.2) is 36.4 Å². The second-order valence-corrected chi connectivity index (χ2v) is 6.39. The fourth-order valence-electron chi connectivity index (χ4n) is 2.26. The van der Waals surface area contributed by atoms with Crippen LogP contribution in [0.25, 0.3) is 16.9 Å². The maximum Gasteiger partial charge on any atom is 0.354 e. The van der Waals surface area contributed by atoms with E-state index in [4.69, 9.17) is 0 Å². The van der Waals surface area contributed by atoms with Gasteiger partial charge < -0.3 is 5.11 Å². The molecule has 6 heteroatoms. The average Bonchev–Trinajstić information content (AvgIpc) is 2.90. The number of nitrogens with zero attached hydrogens (tertiary/aromatic N) is 3. The van der Waals surface area contributed by atoms with Gasteiger partial charge in [0.25, 0.3) is 0 Å². The molecule has 0 bridgehead atoms. The summed E-state index contributed by atoms with van der Waals surface area (Å²) in [7, 11) is 0. The SMILES string of the molecule is CC(C)(C)c1cc2nc(-c3ccc(F)cc3)cc(C(=O)O)n2n1. The van der Waals surface area contributed by atoms with Gasteiger partial charge in [0.2, 0.25) is 0 Å². The fourth-order valence-corrected chi connectivity index (χ4v) is 2.26. The lowest BCUT2D eigenvalue weighted by atomic mass is 9.93. The van der Waals surface area contributed by atoms with Crippen molar-refractivity contribution in [3.8, 4) is 11.3 Å². The van der Waals surface area contributed by atoms with Crippen molar-refractivity contribution in [3.63, 3.8) is 0 Å². The van der Waals surface area contributed by atoms with E-state index in [-0.39, 0.29) is 16.9 Å². The zero-order valence-corrected chi connectivity index (χ0v) is 13.0. The van der Waals surface area contributed by atoms with E-state index < -0.39 is 5.97 Å². The van der Waals surface area contributed by atoms with E-state index >= 15 is 0 Å². The van der Waals surface area contributed by atoms with Gasteiger partial charge in [-0.05, 0) is 30.3 Å². The average molecular weight is 313 g/mol. The van der Waals surface area contributed by atoms with E-state index in [1.807, 2.05) is 20.8 Å². The predicted molar refractivity (Wildman–Crippen MR) is 84.0 cm³/mol. The molecule has 0 atom stereocenters. The van der Waals surface area contributed by atoms with Crippen molar-refractivity contribution >= 4 is 11.6 Å². The third kappa shape index (κ3) is 2.79. The maximum absolute atomic E-state index is 13.1. The van der Waals surface area contributed by atoms with Crippen LogP contribution >= 0.6 is 0 Å². The molecule has 0 saturated heterocycles. The lowest BCUT2D eigenvalue weighted by Crippen LogP contribution is -2.13. The number of carboxylic acid groups (broad SMARTS) is 1. The summed E-state index contributed by atoms with van der Waals surface area (Å²) in [6, 6.07) is 9.00. The van der Waals surface area contributed by atoms with Gasteiger partial charge in [-0.15, -0.1) is 0 Å². The van der Waals surface area contributed by atoms with Gasteiger partial charge in [-0.1, -0.05) is 20.8 Å². The first-order valence-electron chi connectivity index (χ1n) is 7.16. The van der Waals surface area contributed by atoms with E-state index in [1.165, 1.54) is 22.7 Å². The number of hydrogen-bond donors (Lipinski definition) is 1. The Morgan fingerprint density at radius 2 is 1.83 bits per heavy atom. The Kier molecular flexibility index (Phi) is 3.39. The van der Waals surface area contributed by atoms with Crippen molar-refractivity contribution in [3.05, 3.63) is 53.6 Å². The molecule has 0 radical (unpaired) electrons. The number of aromatic nitrogens is 3. The smallest absolute Gasteiger partial charge is 0.354 e. The largest absolute Gasteiger partial charge is 0.477 e. The zero-order valence-electron chi connectivity index (χ0n) is 13.0. The number of benzene rings is 1. The molecule has 0 fully saturated rings. The van der Waals surface area contributed by atoms with Gasteiger partial charge in [0.15, 0.2) is 11.3 Å². The van der Waals surface area contributed by atoms with E-state index in [0.29, 0.717) is 16.9 Å². The van der Waals surface area contributed by atoms with Crippen LogP contribution in [0.5, 0.6) is 0 Å². The molecule has 0 amide bonds. The minimum absolute atomic E-state index is 0.0184. The standard InChI is InChI=1S/C17H16FN3O2/c1-17(2,3)14-9-15-19-12(10-4-6-11(18)7-5-10)8-13(16(22)23)21(15)20-14/h4-9H,1-3H3,(H,22,23). The molecule has 1 N–H and O–H groups in total. The molecular weight excluding hydrogens is 297 g/mol. The monoisotopic (exact) mass is 313 g/mol. The number of carbonyl (C=O) groups is 1. The first kappa shape index (κ1) is 15.1. The number of rotatable bonds is 2. The summed E-state index contributed by atoms with van der Waals surface area (Å²) in [6.45, 7) is 5.99. The molecule has 118 valence electrons. The molecule has 0 unspecified atom stereocenters. The molecule has 0 spiro atoms. The molecule has 0 saturated carbocycles. The molecule has 2 aromatic heterocycles. The molecule has 0 aliphatic heterocycles. The Balaban J connectivity index is 2.25. The van der Waals surface area contributed by atoms with Gasteiger partial charge >= 0.3 is 5.97 Å². The van der Waals surface area contributed by atoms with Gasteiger partial charge in [0.1, 0.15) is 5.82 Å². The summed E-state index contributed by atoms with van der Waals surface area (Å²) in [5, 5.41) is 13.8. The first-order chi connectivity index (χ1) is 10.8. The number of carboxylic acids is 1. The van der Waals surface area contributed by atoms with Crippen molar-refractivity contribution in [2.75, 3.05) is 0 Å². The van der Waals surface area contributed by atoms with E-state index in [9.17, 15) is 14.3 Å². The Bertz CT molecular complexity index is 893. The Labute approximate surface area is 132 Å². The highest BCUT2D eigenvalue weighted by atomic mass is 19.1. The molecule has 0 aliphatic rings. The number of halogens is 1. The lowest BCUT2D eigenvalue weighted by molar-refractivity contribution is 0.0687. The molecule has 1 aromatic carbocycles. The number of aromatic carboxylic acids is 1. The van der Waals surface area contributed by atoms with Gasteiger partial charge in [0, 0.05) is 17.0 Å². The molecule has 0 aliphatic carbocycles. The third-order valence-electron chi connectivity index (χ3n) is 3.55. The Hall–Kier alpha value is -2.76. The predicted octanol–water partition coefficient (Wildman–Crippen LogP) is 3.53. The number of hydrogen-bond acceptors (Lipinski definition) is 3. The summed E-state index contributed by atoms with van der Waals surface area (Å²) < 4.78 is 14.4. The molecule has 2 heterocycles. The second kappa shape index (κ2) is 5.15. The van der Waals surface area contributed by atoms with Crippen LogP contribution in [0.1, 0.15) is 37.0 Å². The zero-order chi connectivity index (χ0) is 16.8. The normalized spacial score (nSPS) is 11.8. The highest BCUT2D eigenvalue weighted by Gasteiger charge is 2.21. The highest BCUT2D eigenvalue weighted by Crippen LogP contribution is 2.25. The molecule has 5 nitrogen and oxygen atoms in total. The van der Waals surface area contributed by atoms with Crippen LogP contribution in [-0.4, -0.2) is 25.7 Å². The molecule has 23 heavy (non-hydrogen) atoms. The Morgan fingerprint density at radius 3 is 2.39 bits per heavy atom. The van der Waals surface area contributed by atoms with Crippen LogP contribution in [0, 0.1) is 5.82 Å². The molecule has 3 aromatic rings. The fraction of sp³-hybridized carbons (Fsp3) is 0.235. The first-order valence-corrected chi connectivity index (χ1v) is 7.16. The summed E-state index contributed by atoms with van der Waals surface area (Å²) >= 11 is 0. The van der Waals surface area contributed by atoms with Crippen molar-refractivity contribution in [1.82, 2.24) is 14.6 Å². The molecular formula is C17H16FN3O2. The van der Waals surface area contributed by atoms with Crippen LogP contribution in [-0.2, 0) is 5.41 Å². The minimum Gasteiger partial charge on any atom is -0.477 e. The van der Waals surface area contributed by atoms with Gasteiger partial charge in [-0.25, -0.2) is 18.7 Å². The number of fused-ring (bicyclic) bond motifs is 1. The van der Waals surface area contributed by atoms with Crippen molar-refractivity contribution in [1.29, 1.82) is 0 Å². The molecule has 3 rings (SSSR count). The van der Waals surface area contributed by atoms with Crippen molar-refractivity contribution in [2.45, 2.75) is 26.2 Å². The summed E-state index contributed by atoms with van der Waals surface area (Å²) in [6.07, 6.45) is 0. The van der Waals surface area contributed by atoms with Crippen LogP contribution in [0.3, 0.4) is 0 Å². The minimum atomic E-state index is -1.09. The summed E-state index contributed by atoms with van der Waals surface area (Å²) in [5.41, 5.74) is 2.12. The lowest BCUT2D eigenvalue weighted by Gasteiger charge is -2.13. The Morgan fingerprint density at radius 1 is 1.17 bits per heavy atom. The van der Waals surface area contributed by atoms with Crippen LogP contribution in [0.2, 0.25) is 0 Å². The van der Waals surface area contributed by atoms with Crippen molar-refractivity contribution < 1.29 is 14.3 Å². The van der Waals surface area contributed by atoms with E-state index in [2.05, 4.69) is 10.1 Å². The van der Waals surface area contributed by atoms with Crippen molar-refractivity contribution in [2.24, 2.45) is 0 Å². The van der Waals surface area contributed by atoms with Gasteiger partial charge in [-0.2, -0.15) is 5.10 Å². The maximum atomic E-state index is 13.1. The van der Waals surface area contributed by atoms with Crippen LogP contribution in [0.4, 0.5) is 4.39 Å². The quantitative estimate of drug-likeness (QED) is 0.786. The van der Waals surface area contributed by atoms with E-state index in [0.717, 1.165) is 5.69 Å². The van der Waals surface area contributed by atoms with Gasteiger partial charge in [-0.3, -0.25) is 0 Å². The highest BCUT2D eigenvalue weighted by molar-refractivity contribution is 5.88. The van der Waals surface area contributed by atoms with Gasteiger partial charge in [0.05, 0.1) is 11.4 Å². The topological polar surface area (TPSA) is 67.5 Å². The summed E-state index contributed by atoms with van der Waals surface area (Å²) in [4.78, 5) is 16.0.